The number of nitrogens with two attached hydrogens (primary N) is 1. The van der Waals surface area contributed by atoms with E-state index in [2.05, 4.69) is 5.84 Å². The summed E-state index contributed by atoms with van der Waals surface area (Å²) in [5.41, 5.74) is 1.67. The minimum absolute atomic E-state index is 0.769. The lowest BCUT2D eigenvalue weighted by atomic mass is 10.4. The molecule has 0 heterocycles. The van der Waals surface area contributed by atoms with E-state index >= 15 is 0 Å². The molecule has 3 nitrogen and oxygen atoms in total. The van der Waals surface area contributed by atoms with Crippen LogP contribution in [-0.2, 0) is 4.79 Å². The highest BCUT2D eigenvalue weighted by atomic mass is 19.2. The first-order chi connectivity index (χ1) is 4.18. The molecule has 52 valence electrons. The van der Waals surface area contributed by atoms with Crippen molar-refractivity contribution in [3.05, 3.63) is 0 Å². The Bertz CT molecular complexity index is 133. The van der Waals surface area contributed by atoms with Crippen molar-refractivity contribution in [1.29, 1.82) is 0 Å². The van der Waals surface area contributed by atoms with Crippen LogP contribution in [0.5, 0.6) is 0 Å². The highest BCUT2D eigenvalue weighted by Crippen LogP contribution is 2.37. The van der Waals surface area contributed by atoms with E-state index in [1.54, 1.807) is 5.43 Å². The Labute approximate surface area is 50.2 Å². The zero-order valence-electron chi connectivity index (χ0n) is 4.47. The zero-order valence-corrected chi connectivity index (χ0v) is 4.47. The Kier molecular flexibility index (Phi) is 1.36. The van der Waals surface area contributed by atoms with Gasteiger partial charge in [0.1, 0.15) is 18.3 Å². The van der Waals surface area contributed by atoms with Crippen LogP contribution in [0.25, 0.3) is 0 Å². The van der Waals surface area contributed by atoms with E-state index < -0.39 is 24.2 Å². The summed E-state index contributed by atoms with van der Waals surface area (Å²) in [6.45, 7) is 0. The first kappa shape index (κ1) is 6.41. The van der Waals surface area contributed by atoms with Gasteiger partial charge in [0.15, 0.2) is 0 Å². The van der Waals surface area contributed by atoms with E-state index in [9.17, 15) is 13.6 Å². The number of alkyl halides is 2. The fourth-order valence-electron chi connectivity index (χ4n) is 0.625. The van der Waals surface area contributed by atoms with E-state index in [-0.39, 0.29) is 0 Å². The maximum Gasteiger partial charge on any atom is 0.243 e. The number of nitrogens with one attached hydrogen (secondary N) is 1. The molecule has 1 aliphatic rings. The number of carbonyl (C=O) groups excluding carboxylic acids is 1. The molecule has 1 amide bonds. The van der Waals surface area contributed by atoms with Crippen LogP contribution in [0, 0.1) is 5.92 Å². The Morgan fingerprint density at radius 3 is 2.00 bits per heavy atom. The number of hydrogen-bond acceptors (Lipinski definition) is 2. The van der Waals surface area contributed by atoms with Gasteiger partial charge in [-0.25, -0.2) is 14.6 Å². The van der Waals surface area contributed by atoms with Crippen LogP contribution in [0.15, 0.2) is 0 Å². The van der Waals surface area contributed by atoms with Gasteiger partial charge >= 0.3 is 0 Å². The van der Waals surface area contributed by atoms with Crippen LogP contribution in [-0.4, -0.2) is 18.3 Å². The van der Waals surface area contributed by atoms with Gasteiger partial charge in [-0.1, -0.05) is 0 Å². The lowest BCUT2D eigenvalue weighted by Crippen LogP contribution is -2.32. The normalized spacial score (nSPS) is 40.1. The second-order valence-electron chi connectivity index (χ2n) is 1.92. The van der Waals surface area contributed by atoms with Gasteiger partial charge in [-0.05, 0) is 0 Å². The molecule has 5 heteroatoms. The molecule has 2 unspecified atom stereocenters. The summed E-state index contributed by atoms with van der Waals surface area (Å²) in [7, 11) is 0. The van der Waals surface area contributed by atoms with Gasteiger partial charge < -0.3 is 0 Å². The van der Waals surface area contributed by atoms with Crippen LogP contribution >= 0.6 is 0 Å². The molecule has 0 aromatic carbocycles. The van der Waals surface area contributed by atoms with Crippen molar-refractivity contribution >= 4 is 5.91 Å². The lowest BCUT2D eigenvalue weighted by molar-refractivity contribution is -0.123. The molecule has 0 aromatic heterocycles. The summed E-state index contributed by atoms with van der Waals surface area (Å²) in [5, 5.41) is 0. The molecule has 0 saturated heterocycles. The molecule has 0 radical (unpaired) electrons. The molecule has 0 spiro atoms. The average molecular weight is 136 g/mol. The number of carbonyl (C=O) groups is 1. The topological polar surface area (TPSA) is 55.1 Å². The summed E-state index contributed by atoms with van der Waals surface area (Å²) < 4.78 is 23.8. The quantitative estimate of drug-likeness (QED) is 0.284. The summed E-state index contributed by atoms with van der Waals surface area (Å²) in [4.78, 5) is 10.3. The Morgan fingerprint density at radius 1 is 1.44 bits per heavy atom. The number of amides is 1. The third-order valence-electron chi connectivity index (χ3n) is 1.29. The molecular weight excluding hydrogens is 130 g/mol. The molecule has 9 heavy (non-hydrogen) atoms. The second kappa shape index (κ2) is 1.91. The van der Waals surface area contributed by atoms with Crippen LogP contribution < -0.4 is 11.3 Å². The minimum atomic E-state index is -1.64. The largest absolute Gasteiger partial charge is 0.294 e. The second-order valence-corrected chi connectivity index (χ2v) is 1.92. The van der Waals surface area contributed by atoms with Crippen LogP contribution in [0.3, 0.4) is 0 Å². The molecule has 1 rings (SSSR count). The zero-order chi connectivity index (χ0) is 7.02. The van der Waals surface area contributed by atoms with Gasteiger partial charge in [-0.3, -0.25) is 10.2 Å². The van der Waals surface area contributed by atoms with Crippen molar-refractivity contribution in [3.8, 4) is 0 Å². The first-order valence-electron chi connectivity index (χ1n) is 2.47. The summed E-state index contributed by atoms with van der Waals surface area (Å²) >= 11 is 0. The molecule has 1 aliphatic carbocycles. The average Bonchev–Trinajstić information content (AvgIpc) is 2.40. The van der Waals surface area contributed by atoms with E-state index in [0.717, 1.165) is 0 Å². The predicted octanol–water partition coefficient (Wildman–Crippen LogP) is -0.718. The lowest BCUT2D eigenvalue weighted by Gasteiger charge is -1.90. The van der Waals surface area contributed by atoms with Crippen molar-refractivity contribution < 1.29 is 13.6 Å². The van der Waals surface area contributed by atoms with E-state index in [0.29, 0.717) is 0 Å². The Hall–Kier alpha value is -0.710. The van der Waals surface area contributed by atoms with Crippen molar-refractivity contribution in [2.75, 3.05) is 0 Å². The van der Waals surface area contributed by atoms with Crippen molar-refractivity contribution in [2.24, 2.45) is 11.8 Å². The highest BCUT2D eigenvalue weighted by Gasteiger charge is 2.57. The monoisotopic (exact) mass is 136 g/mol. The summed E-state index contributed by atoms with van der Waals surface area (Å²) in [6, 6.07) is 0. The number of hydrazine groups is 1. The molecule has 0 aliphatic heterocycles. The summed E-state index contributed by atoms with van der Waals surface area (Å²) in [5.74, 6) is 2.68. The first-order valence-corrected chi connectivity index (χ1v) is 2.47. The van der Waals surface area contributed by atoms with Gasteiger partial charge in [0.2, 0.25) is 5.91 Å². The van der Waals surface area contributed by atoms with Gasteiger partial charge in [0, 0.05) is 0 Å². The third-order valence-corrected chi connectivity index (χ3v) is 1.29. The van der Waals surface area contributed by atoms with Crippen molar-refractivity contribution in [2.45, 2.75) is 12.3 Å². The molecule has 1 fully saturated rings. The van der Waals surface area contributed by atoms with Gasteiger partial charge in [0.25, 0.3) is 0 Å². The Balaban J connectivity index is 2.40. The van der Waals surface area contributed by atoms with E-state index in [4.69, 9.17) is 0 Å². The minimum Gasteiger partial charge on any atom is -0.294 e. The van der Waals surface area contributed by atoms with E-state index in [1.807, 2.05) is 0 Å². The van der Waals surface area contributed by atoms with Crippen molar-refractivity contribution in [1.82, 2.24) is 5.43 Å². The maximum absolute atomic E-state index is 11.9. The number of hydrogen-bond donors (Lipinski definition) is 2. The fraction of sp³-hybridized carbons (Fsp3) is 0.750. The maximum atomic E-state index is 11.9. The highest BCUT2D eigenvalue weighted by molar-refractivity contribution is 5.82. The molecule has 0 aromatic rings. The van der Waals surface area contributed by atoms with Gasteiger partial charge in [-0.15, -0.1) is 0 Å². The SMILES string of the molecule is NNC(=O)C1C(F)C1F. The Morgan fingerprint density at radius 2 is 1.89 bits per heavy atom. The third kappa shape index (κ3) is 0.873. The molecule has 2 atom stereocenters. The van der Waals surface area contributed by atoms with Gasteiger partial charge in [0.05, 0.1) is 0 Å². The van der Waals surface area contributed by atoms with Gasteiger partial charge in [-0.2, -0.15) is 0 Å². The number of halogens is 2. The molecule has 3 N–H and O–H groups in total. The molecular formula is C4H6F2N2O. The summed E-state index contributed by atoms with van der Waals surface area (Å²) in [6.07, 6.45) is -3.29. The predicted molar refractivity (Wildman–Crippen MR) is 25.6 cm³/mol. The van der Waals surface area contributed by atoms with Crippen LogP contribution in [0.4, 0.5) is 8.78 Å². The smallest absolute Gasteiger partial charge is 0.243 e. The van der Waals surface area contributed by atoms with Crippen molar-refractivity contribution in [3.63, 3.8) is 0 Å². The van der Waals surface area contributed by atoms with E-state index in [1.165, 1.54) is 0 Å². The fourth-order valence-corrected chi connectivity index (χ4v) is 0.625. The van der Waals surface area contributed by atoms with Crippen LogP contribution in [0.2, 0.25) is 0 Å². The molecule has 1 saturated carbocycles. The van der Waals surface area contributed by atoms with Crippen LogP contribution in [0.1, 0.15) is 0 Å². The molecule has 0 bridgehead atoms. The standard InChI is InChI=1S/C4H6F2N2O/c5-2-1(3(2)6)4(9)8-7/h1-3H,7H2,(H,8,9). The number of rotatable bonds is 1.